The summed E-state index contributed by atoms with van der Waals surface area (Å²) in [4.78, 5) is 30.1. The molecule has 0 spiro atoms. The lowest BCUT2D eigenvalue weighted by atomic mass is 9.99. The number of rotatable bonds is 5. The van der Waals surface area contributed by atoms with Crippen molar-refractivity contribution in [2.45, 2.75) is 25.3 Å². The van der Waals surface area contributed by atoms with Gasteiger partial charge in [-0.1, -0.05) is 12.1 Å². The van der Waals surface area contributed by atoms with E-state index in [0.717, 1.165) is 36.5 Å². The first kappa shape index (κ1) is 18.6. The summed E-state index contributed by atoms with van der Waals surface area (Å²) in [7, 11) is 0. The van der Waals surface area contributed by atoms with Crippen LogP contribution in [0.5, 0.6) is 0 Å². The highest BCUT2D eigenvalue weighted by molar-refractivity contribution is 7.18. The Morgan fingerprint density at radius 2 is 2.14 bits per heavy atom. The maximum atomic E-state index is 12.2. The van der Waals surface area contributed by atoms with Crippen LogP contribution in [0.4, 0.5) is 4.79 Å². The molecule has 1 saturated heterocycles. The van der Waals surface area contributed by atoms with Gasteiger partial charge in [-0.3, -0.25) is 10.1 Å². The van der Waals surface area contributed by atoms with Crippen LogP contribution in [-0.2, 0) is 11.3 Å². The van der Waals surface area contributed by atoms with Crippen molar-refractivity contribution in [1.82, 2.24) is 15.6 Å². The lowest BCUT2D eigenvalue weighted by molar-refractivity contribution is -0.898. The third-order valence-electron chi connectivity index (χ3n) is 4.94. The molecule has 8 heteroatoms. The topological polar surface area (TPSA) is 88.7 Å². The first-order valence-electron chi connectivity index (χ1n) is 9.46. The van der Waals surface area contributed by atoms with Crippen molar-refractivity contribution in [3.63, 3.8) is 0 Å². The van der Waals surface area contributed by atoms with Gasteiger partial charge in [-0.05, 0) is 37.1 Å². The van der Waals surface area contributed by atoms with Gasteiger partial charge in [-0.25, -0.2) is 9.78 Å². The van der Waals surface area contributed by atoms with Crippen LogP contribution in [-0.4, -0.2) is 36.6 Å². The molecule has 1 fully saturated rings. The number of piperidine rings is 1. The lowest BCUT2D eigenvalue weighted by Crippen LogP contribution is -3.14. The number of urea groups is 1. The van der Waals surface area contributed by atoms with E-state index in [-0.39, 0.29) is 19.0 Å². The lowest BCUT2D eigenvalue weighted by Gasteiger charge is -2.28. The first-order valence-corrected chi connectivity index (χ1v) is 10.3. The number of amides is 3. The van der Waals surface area contributed by atoms with Crippen LogP contribution in [0.15, 0.2) is 47.1 Å². The number of nitrogens with one attached hydrogen (secondary N) is 3. The SMILES string of the molecule is O=C(C[NH+]1CCC[C@H](c2nc3ccccc3s2)C1)NC(=O)NCc1ccco1. The highest BCUT2D eigenvalue weighted by Crippen LogP contribution is 2.30. The second-order valence-electron chi connectivity index (χ2n) is 7.05. The van der Waals surface area contributed by atoms with Crippen molar-refractivity contribution < 1.29 is 18.9 Å². The van der Waals surface area contributed by atoms with Gasteiger partial charge in [0, 0.05) is 0 Å². The minimum absolute atomic E-state index is 0.252. The summed E-state index contributed by atoms with van der Waals surface area (Å²) in [6.45, 7) is 2.34. The van der Waals surface area contributed by atoms with Crippen LogP contribution >= 0.6 is 11.3 Å². The quantitative estimate of drug-likeness (QED) is 0.609. The minimum Gasteiger partial charge on any atom is -0.467 e. The van der Waals surface area contributed by atoms with Crippen LogP contribution in [0.3, 0.4) is 0 Å². The van der Waals surface area contributed by atoms with Gasteiger partial charge >= 0.3 is 6.03 Å². The van der Waals surface area contributed by atoms with E-state index in [1.807, 2.05) is 18.2 Å². The number of quaternary nitrogens is 1. The smallest absolute Gasteiger partial charge is 0.321 e. The molecule has 28 heavy (non-hydrogen) atoms. The number of carbonyl (C=O) groups excluding carboxylic acids is 2. The van der Waals surface area contributed by atoms with Gasteiger partial charge in [-0.15, -0.1) is 11.3 Å². The zero-order chi connectivity index (χ0) is 19.3. The van der Waals surface area contributed by atoms with E-state index in [9.17, 15) is 9.59 Å². The van der Waals surface area contributed by atoms with E-state index in [4.69, 9.17) is 9.40 Å². The molecule has 1 unspecified atom stereocenters. The minimum atomic E-state index is -0.500. The standard InChI is InChI=1S/C20H22N4O3S/c25-18(23-20(26)21-11-15-6-4-10-27-15)13-24-9-3-5-14(12-24)19-22-16-7-1-2-8-17(16)28-19/h1-2,4,6-8,10,14H,3,5,9,11-13H2,(H2,21,23,25,26)/p+1/t14-/m0/s1. The molecular weight excluding hydrogens is 376 g/mol. The van der Waals surface area contributed by atoms with Crippen molar-refractivity contribution >= 4 is 33.5 Å². The zero-order valence-corrected chi connectivity index (χ0v) is 16.3. The van der Waals surface area contributed by atoms with Gasteiger partial charge in [0.25, 0.3) is 5.91 Å². The fourth-order valence-electron chi connectivity index (χ4n) is 3.61. The molecule has 3 heterocycles. The van der Waals surface area contributed by atoms with Gasteiger partial charge in [0.05, 0.1) is 42.0 Å². The highest BCUT2D eigenvalue weighted by atomic mass is 32.1. The van der Waals surface area contributed by atoms with E-state index in [2.05, 4.69) is 16.7 Å². The number of carbonyl (C=O) groups is 2. The summed E-state index contributed by atoms with van der Waals surface area (Å²) in [6.07, 6.45) is 3.68. The Bertz CT molecular complexity index is 920. The number of fused-ring (bicyclic) bond motifs is 1. The number of imide groups is 1. The van der Waals surface area contributed by atoms with Crippen molar-refractivity contribution in [1.29, 1.82) is 0 Å². The summed E-state index contributed by atoms with van der Waals surface area (Å²) in [5.74, 6) is 0.738. The Morgan fingerprint density at radius 1 is 1.25 bits per heavy atom. The number of furan rings is 1. The van der Waals surface area contributed by atoms with Gasteiger partial charge in [0.2, 0.25) is 0 Å². The molecule has 2 atom stereocenters. The van der Waals surface area contributed by atoms with Gasteiger partial charge in [0.1, 0.15) is 10.8 Å². The normalized spacial score (nSPS) is 19.4. The Balaban J connectivity index is 1.28. The molecular formula is C20H23N4O3S+. The molecule has 2 aromatic heterocycles. The summed E-state index contributed by atoms with van der Waals surface area (Å²) in [6, 6.07) is 11.2. The molecule has 3 amide bonds. The Morgan fingerprint density at radius 3 is 2.96 bits per heavy atom. The van der Waals surface area contributed by atoms with E-state index in [1.54, 1.807) is 29.7 Å². The molecule has 1 aromatic carbocycles. The maximum absolute atomic E-state index is 12.2. The zero-order valence-electron chi connectivity index (χ0n) is 15.4. The van der Waals surface area contributed by atoms with E-state index in [0.29, 0.717) is 11.7 Å². The average Bonchev–Trinajstić information content (AvgIpc) is 3.36. The second kappa shape index (κ2) is 8.53. The summed E-state index contributed by atoms with van der Waals surface area (Å²) < 4.78 is 6.35. The Labute approximate surface area is 166 Å². The fraction of sp³-hybridized carbons (Fsp3) is 0.350. The molecule has 3 aromatic rings. The Kier molecular flexibility index (Phi) is 5.68. The second-order valence-corrected chi connectivity index (χ2v) is 8.11. The predicted octanol–water partition coefficient (Wildman–Crippen LogP) is 1.68. The van der Waals surface area contributed by atoms with Gasteiger partial charge in [-0.2, -0.15) is 0 Å². The van der Waals surface area contributed by atoms with Crippen LogP contribution < -0.4 is 15.5 Å². The first-order chi connectivity index (χ1) is 13.7. The summed E-state index contributed by atoms with van der Waals surface area (Å²) in [5.41, 5.74) is 1.04. The number of thiazole rings is 1. The molecule has 1 aliphatic rings. The van der Waals surface area contributed by atoms with E-state index < -0.39 is 6.03 Å². The number of benzene rings is 1. The number of nitrogens with zero attached hydrogens (tertiary/aromatic N) is 1. The molecule has 0 saturated carbocycles. The van der Waals surface area contributed by atoms with Crippen LogP contribution in [0.2, 0.25) is 0 Å². The van der Waals surface area contributed by atoms with Gasteiger partial charge in [0.15, 0.2) is 6.54 Å². The van der Waals surface area contributed by atoms with E-state index in [1.165, 1.54) is 9.60 Å². The van der Waals surface area contributed by atoms with Crippen molar-refractivity contribution in [2.75, 3.05) is 19.6 Å². The molecule has 7 nitrogen and oxygen atoms in total. The number of likely N-dealkylation sites (tertiary alicyclic amines) is 1. The summed E-state index contributed by atoms with van der Waals surface area (Å²) >= 11 is 1.74. The summed E-state index contributed by atoms with van der Waals surface area (Å²) in [5, 5.41) is 6.17. The van der Waals surface area contributed by atoms with Crippen LogP contribution in [0, 0.1) is 0 Å². The number of aromatic nitrogens is 1. The molecule has 1 aliphatic heterocycles. The monoisotopic (exact) mass is 399 g/mol. The maximum Gasteiger partial charge on any atom is 0.321 e. The molecule has 0 radical (unpaired) electrons. The molecule has 3 N–H and O–H groups in total. The van der Waals surface area contributed by atoms with Crippen molar-refractivity contribution in [3.05, 3.63) is 53.4 Å². The number of hydrogen-bond donors (Lipinski definition) is 3. The largest absolute Gasteiger partial charge is 0.467 e. The number of hydrogen-bond acceptors (Lipinski definition) is 5. The van der Waals surface area contributed by atoms with E-state index >= 15 is 0 Å². The van der Waals surface area contributed by atoms with Crippen LogP contribution in [0.1, 0.15) is 29.5 Å². The molecule has 4 rings (SSSR count). The fourth-order valence-corrected chi connectivity index (χ4v) is 4.71. The number of para-hydroxylation sites is 1. The predicted molar refractivity (Wildman–Crippen MR) is 106 cm³/mol. The van der Waals surface area contributed by atoms with Crippen molar-refractivity contribution in [2.24, 2.45) is 0 Å². The third kappa shape index (κ3) is 4.58. The Hall–Kier alpha value is -2.71. The van der Waals surface area contributed by atoms with Gasteiger partial charge < -0.3 is 14.6 Å². The molecule has 0 aliphatic carbocycles. The third-order valence-corrected chi connectivity index (χ3v) is 6.14. The molecule has 0 bridgehead atoms. The molecule has 146 valence electrons. The van der Waals surface area contributed by atoms with Crippen LogP contribution in [0.25, 0.3) is 10.2 Å². The highest BCUT2D eigenvalue weighted by Gasteiger charge is 2.28. The average molecular weight is 399 g/mol. The van der Waals surface area contributed by atoms with Crippen molar-refractivity contribution in [3.8, 4) is 0 Å².